The van der Waals surface area contributed by atoms with Gasteiger partial charge in [0.1, 0.15) is 0 Å². The number of rotatable bonds is 2. The van der Waals surface area contributed by atoms with Gasteiger partial charge in [0.05, 0.1) is 11.8 Å². The summed E-state index contributed by atoms with van der Waals surface area (Å²) in [6.07, 6.45) is 2.23. The van der Waals surface area contributed by atoms with E-state index in [1.54, 1.807) is 0 Å². The number of H-pyrrole nitrogens is 1. The first kappa shape index (κ1) is 6.33. The van der Waals surface area contributed by atoms with Crippen molar-refractivity contribution in [1.29, 1.82) is 0 Å². The van der Waals surface area contributed by atoms with E-state index in [4.69, 9.17) is 0 Å². The fourth-order valence-corrected chi connectivity index (χ4v) is 1.01. The molecule has 11 heavy (non-hydrogen) atoms. The Morgan fingerprint density at radius 1 is 1.73 bits per heavy atom. The average molecular weight is 153 g/mol. The maximum absolute atomic E-state index is 10.2. The number of hydrogen-bond donors (Lipinski definition) is 1. The Balaban J connectivity index is 2.25. The molecule has 1 fully saturated rings. The van der Waals surface area contributed by atoms with E-state index >= 15 is 0 Å². The van der Waals surface area contributed by atoms with Gasteiger partial charge in [-0.3, -0.25) is 0 Å². The molecule has 1 heterocycles. The van der Waals surface area contributed by atoms with Gasteiger partial charge in [0, 0.05) is 5.92 Å². The highest BCUT2D eigenvalue weighted by Gasteiger charge is 2.28. The zero-order valence-corrected chi connectivity index (χ0v) is 5.78. The van der Waals surface area contributed by atoms with Crippen LogP contribution < -0.4 is 0 Å². The van der Waals surface area contributed by atoms with E-state index < -0.39 is 4.92 Å². The molecule has 2 rings (SSSR count). The number of hydrogen-bond acceptors (Lipinski definition) is 3. The molecule has 1 aliphatic rings. The topological polar surface area (TPSA) is 71.8 Å². The monoisotopic (exact) mass is 153 g/mol. The van der Waals surface area contributed by atoms with E-state index in [0.29, 0.717) is 5.92 Å². The lowest BCUT2D eigenvalue weighted by atomic mass is 10.3. The van der Waals surface area contributed by atoms with Crippen molar-refractivity contribution in [3.63, 3.8) is 0 Å². The molecule has 0 aromatic carbocycles. The highest BCUT2D eigenvalue weighted by molar-refractivity contribution is 5.25. The Morgan fingerprint density at radius 2 is 2.45 bits per heavy atom. The largest absolute Gasteiger partial charge is 0.358 e. The van der Waals surface area contributed by atoms with Gasteiger partial charge in [-0.2, -0.15) is 0 Å². The predicted molar refractivity (Wildman–Crippen MR) is 37.2 cm³/mol. The number of aromatic nitrogens is 2. The summed E-state index contributed by atoms with van der Waals surface area (Å²) in [7, 11) is 0. The van der Waals surface area contributed by atoms with Crippen molar-refractivity contribution >= 4 is 5.82 Å². The minimum absolute atomic E-state index is 0.00750. The van der Waals surface area contributed by atoms with E-state index in [1.165, 1.54) is 6.07 Å². The van der Waals surface area contributed by atoms with E-state index in [1.807, 2.05) is 0 Å². The fourth-order valence-electron chi connectivity index (χ4n) is 1.01. The van der Waals surface area contributed by atoms with Crippen LogP contribution in [0.15, 0.2) is 6.07 Å². The first-order chi connectivity index (χ1) is 5.27. The molecule has 1 aromatic heterocycles. The Hall–Kier alpha value is -1.39. The summed E-state index contributed by atoms with van der Waals surface area (Å²) in [5.41, 5.74) is 0.830. The summed E-state index contributed by atoms with van der Waals surface area (Å²) in [5, 5.41) is 16.4. The van der Waals surface area contributed by atoms with Gasteiger partial charge < -0.3 is 10.1 Å². The third-order valence-electron chi connectivity index (χ3n) is 1.78. The summed E-state index contributed by atoms with van der Waals surface area (Å²) < 4.78 is 0. The lowest BCUT2D eigenvalue weighted by Crippen LogP contribution is -1.86. The third-order valence-corrected chi connectivity index (χ3v) is 1.78. The van der Waals surface area contributed by atoms with Crippen LogP contribution in [0.5, 0.6) is 0 Å². The molecule has 0 spiro atoms. The van der Waals surface area contributed by atoms with Crippen molar-refractivity contribution in [3.05, 3.63) is 21.9 Å². The molecule has 0 unspecified atom stereocenters. The highest BCUT2D eigenvalue weighted by atomic mass is 16.6. The predicted octanol–water partition coefficient (Wildman–Crippen LogP) is 1.20. The van der Waals surface area contributed by atoms with Gasteiger partial charge in [0.15, 0.2) is 0 Å². The van der Waals surface area contributed by atoms with Gasteiger partial charge >= 0.3 is 5.82 Å². The van der Waals surface area contributed by atoms with Crippen LogP contribution >= 0.6 is 0 Å². The van der Waals surface area contributed by atoms with Crippen molar-refractivity contribution in [1.82, 2.24) is 10.2 Å². The normalized spacial score (nSPS) is 16.7. The molecule has 58 valence electrons. The summed E-state index contributed by atoms with van der Waals surface area (Å²) in [4.78, 5) is 9.73. The van der Waals surface area contributed by atoms with Gasteiger partial charge in [-0.15, -0.1) is 5.10 Å². The van der Waals surface area contributed by atoms with Gasteiger partial charge in [0.2, 0.25) is 0 Å². The summed E-state index contributed by atoms with van der Waals surface area (Å²) in [5.74, 6) is 0.465. The number of aromatic amines is 1. The smallest absolute Gasteiger partial charge is 0.342 e. The van der Waals surface area contributed by atoms with Crippen LogP contribution in [0.4, 0.5) is 5.82 Å². The molecule has 0 bridgehead atoms. The molecule has 1 aromatic rings. The van der Waals surface area contributed by atoms with E-state index in [2.05, 4.69) is 10.2 Å². The zero-order valence-electron chi connectivity index (χ0n) is 5.78. The van der Waals surface area contributed by atoms with Crippen molar-refractivity contribution in [2.45, 2.75) is 18.8 Å². The van der Waals surface area contributed by atoms with Crippen molar-refractivity contribution in [3.8, 4) is 0 Å². The second kappa shape index (κ2) is 2.05. The Kier molecular flexibility index (Phi) is 1.18. The van der Waals surface area contributed by atoms with Crippen molar-refractivity contribution < 1.29 is 4.92 Å². The van der Waals surface area contributed by atoms with Gasteiger partial charge in [-0.25, -0.2) is 0 Å². The van der Waals surface area contributed by atoms with Crippen LogP contribution in [0.25, 0.3) is 0 Å². The molecular weight excluding hydrogens is 146 g/mol. The maximum Gasteiger partial charge on any atom is 0.342 e. The maximum atomic E-state index is 10.2. The second-order valence-corrected chi connectivity index (χ2v) is 2.71. The number of nitrogens with one attached hydrogen (secondary N) is 1. The van der Waals surface area contributed by atoms with Crippen LogP contribution in [-0.4, -0.2) is 15.1 Å². The van der Waals surface area contributed by atoms with Crippen LogP contribution in [0.1, 0.15) is 24.5 Å². The molecule has 5 nitrogen and oxygen atoms in total. The molecule has 0 radical (unpaired) electrons. The van der Waals surface area contributed by atoms with E-state index in [9.17, 15) is 10.1 Å². The molecular formula is C6H7N3O2. The lowest BCUT2D eigenvalue weighted by Gasteiger charge is -1.84. The standard InChI is InChI=1S/C6H7N3O2/c10-9(11)6-3-5(7-8-6)4-1-2-4/h3-4H,1-2H2,(H,7,8). The minimum atomic E-state index is -0.459. The van der Waals surface area contributed by atoms with Crippen LogP contribution in [0.3, 0.4) is 0 Å². The number of nitrogens with zero attached hydrogens (tertiary/aromatic N) is 2. The average Bonchev–Trinajstić information content (AvgIpc) is 2.68. The molecule has 1 N–H and O–H groups in total. The Morgan fingerprint density at radius 3 is 2.91 bits per heavy atom. The van der Waals surface area contributed by atoms with Gasteiger partial charge in [0.25, 0.3) is 0 Å². The highest BCUT2D eigenvalue weighted by Crippen LogP contribution is 2.39. The van der Waals surface area contributed by atoms with E-state index in [0.717, 1.165) is 18.5 Å². The molecule has 1 aliphatic carbocycles. The SMILES string of the molecule is O=[N+]([O-])c1cc(C2CC2)n[nH]1. The minimum Gasteiger partial charge on any atom is -0.358 e. The molecule has 0 aliphatic heterocycles. The zero-order chi connectivity index (χ0) is 7.84. The van der Waals surface area contributed by atoms with Crippen molar-refractivity contribution in [2.24, 2.45) is 0 Å². The Bertz CT molecular complexity index is 290. The van der Waals surface area contributed by atoms with Crippen LogP contribution in [-0.2, 0) is 0 Å². The van der Waals surface area contributed by atoms with Gasteiger partial charge in [-0.1, -0.05) is 5.10 Å². The van der Waals surface area contributed by atoms with E-state index in [-0.39, 0.29) is 5.82 Å². The lowest BCUT2D eigenvalue weighted by molar-refractivity contribution is -0.389. The number of nitro groups is 1. The summed E-state index contributed by atoms with van der Waals surface area (Å²) >= 11 is 0. The third kappa shape index (κ3) is 1.09. The second-order valence-electron chi connectivity index (χ2n) is 2.71. The first-order valence-corrected chi connectivity index (χ1v) is 3.47. The molecule has 0 atom stereocenters. The molecule has 0 amide bonds. The molecule has 1 saturated carbocycles. The fraction of sp³-hybridized carbons (Fsp3) is 0.500. The van der Waals surface area contributed by atoms with Crippen molar-refractivity contribution in [2.75, 3.05) is 0 Å². The molecule has 0 saturated heterocycles. The van der Waals surface area contributed by atoms with Gasteiger partial charge in [-0.05, 0) is 17.8 Å². The van der Waals surface area contributed by atoms with Crippen LogP contribution in [0, 0.1) is 10.1 Å². The quantitative estimate of drug-likeness (QED) is 0.512. The Labute approximate surface area is 62.6 Å². The summed E-state index contributed by atoms with van der Waals surface area (Å²) in [6.45, 7) is 0. The molecule has 5 heteroatoms. The first-order valence-electron chi connectivity index (χ1n) is 3.47. The van der Waals surface area contributed by atoms with Crippen LogP contribution in [0.2, 0.25) is 0 Å². The summed E-state index contributed by atoms with van der Waals surface area (Å²) in [6, 6.07) is 1.51.